The molecule has 0 aliphatic carbocycles. The summed E-state index contributed by atoms with van der Waals surface area (Å²) in [5.41, 5.74) is -0.180. The maximum absolute atomic E-state index is 14.3. The largest absolute Gasteiger partial charge is 0.394 e. The highest BCUT2D eigenvalue weighted by molar-refractivity contribution is 7.88. The van der Waals surface area contributed by atoms with E-state index >= 15 is 0 Å². The van der Waals surface area contributed by atoms with Crippen molar-refractivity contribution in [3.63, 3.8) is 0 Å². The maximum Gasteiger partial charge on any atom is 0.226 e. The van der Waals surface area contributed by atoms with Crippen LogP contribution in [0.4, 0.5) is 14.7 Å². The molecular formula is C19H26ClF2N5O3S. The molecule has 12 heteroatoms. The van der Waals surface area contributed by atoms with Gasteiger partial charge in [0.05, 0.1) is 12.6 Å². The number of hydrogen-bond donors (Lipinski definition) is 3. The minimum absolute atomic E-state index is 0.00172. The van der Waals surface area contributed by atoms with E-state index in [1.807, 2.05) is 13.8 Å². The lowest BCUT2D eigenvalue weighted by molar-refractivity contribution is 0.259. The number of aliphatic hydroxyl groups excluding tert-OH is 1. The van der Waals surface area contributed by atoms with Gasteiger partial charge in [-0.2, -0.15) is 9.97 Å². The second-order valence-corrected chi connectivity index (χ2v) is 9.89. The van der Waals surface area contributed by atoms with Crippen LogP contribution in [0.25, 0.3) is 0 Å². The van der Waals surface area contributed by atoms with Crippen LogP contribution in [-0.2, 0) is 22.2 Å². The summed E-state index contributed by atoms with van der Waals surface area (Å²) in [6, 6.07) is 1.66. The van der Waals surface area contributed by atoms with Crippen molar-refractivity contribution in [1.29, 1.82) is 0 Å². The van der Waals surface area contributed by atoms with E-state index in [2.05, 4.69) is 20.3 Å². The Labute approximate surface area is 185 Å². The fourth-order valence-corrected chi connectivity index (χ4v) is 3.88. The number of nitrogens with zero attached hydrogens (tertiary/aromatic N) is 3. The molecule has 8 nitrogen and oxygen atoms in total. The molecule has 0 bridgehead atoms. The van der Waals surface area contributed by atoms with Crippen molar-refractivity contribution >= 4 is 27.6 Å². The van der Waals surface area contributed by atoms with Gasteiger partial charge in [0.2, 0.25) is 16.0 Å². The second-order valence-electron chi connectivity index (χ2n) is 7.84. The first-order chi connectivity index (χ1) is 14.4. The van der Waals surface area contributed by atoms with E-state index in [-0.39, 0.29) is 53.2 Å². The Morgan fingerprint density at radius 2 is 1.71 bits per heavy atom. The van der Waals surface area contributed by atoms with Crippen molar-refractivity contribution in [1.82, 2.24) is 15.0 Å². The van der Waals surface area contributed by atoms with Gasteiger partial charge in [-0.15, -0.1) is 0 Å². The van der Waals surface area contributed by atoms with E-state index in [9.17, 15) is 22.3 Å². The SMILES string of the molecule is CC(C)C[C@H](CO)Nc1nc(C[C@H](C)c2c(F)cc(Cl)cc2F)nc(CS(N)(=O)=O)n1. The summed E-state index contributed by atoms with van der Waals surface area (Å²) in [7, 11) is -3.93. The number of halogens is 3. The topological polar surface area (TPSA) is 131 Å². The highest BCUT2D eigenvalue weighted by atomic mass is 35.5. The molecule has 172 valence electrons. The number of hydrogen-bond acceptors (Lipinski definition) is 7. The fourth-order valence-electron chi connectivity index (χ4n) is 3.20. The van der Waals surface area contributed by atoms with Gasteiger partial charge in [0.15, 0.2) is 5.82 Å². The molecule has 0 aliphatic heterocycles. The molecule has 2 aromatic rings. The highest BCUT2D eigenvalue weighted by Crippen LogP contribution is 2.28. The number of sulfonamides is 1. The molecule has 0 saturated carbocycles. The molecular weight excluding hydrogens is 452 g/mol. The van der Waals surface area contributed by atoms with Crippen LogP contribution in [0.5, 0.6) is 0 Å². The summed E-state index contributed by atoms with van der Waals surface area (Å²) < 4.78 is 51.6. The van der Waals surface area contributed by atoms with Crippen molar-refractivity contribution in [2.24, 2.45) is 11.1 Å². The van der Waals surface area contributed by atoms with Gasteiger partial charge in [-0.1, -0.05) is 32.4 Å². The van der Waals surface area contributed by atoms with E-state index in [4.69, 9.17) is 16.7 Å². The Morgan fingerprint density at radius 1 is 1.13 bits per heavy atom. The minimum atomic E-state index is -3.93. The Hall–Kier alpha value is -1.95. The predicted molar refractivity (Wildman–Crippen MR) is 114 cm³/mol. The van der Waals surface area contributed by atoms with Crippen LogP contribution in [0, 0.1) is 17.6 Å². The first kappa shape index (κ1) is 25.3. The van der Waals surface area contributed by atoms with Crippen molar-refractivity contribution in [3.8, 4) is 0 Å². The minimum Gasteiger partial charge on any atom is -0.394 e. The van der Waals surface area contributed by atoms with E-state index in [1.54, 1.807) is 6.92 Å². The number of aliphatic hydroxyl groups is 1. The Balaban J connectivity index is 2.38. The first-order valence-electron chi connectivity index (χ1n) is 9.64. The number of primary sulfonamides is 1. The average Bonchev–Trinajstić information content (AvgIpc) is 2.57. The molecule has 0 saturated heterocycles. The van der Waals surface area contributed by atoms with E-state index in [0.29, 0.717) is 6.42 Å². The van der Waals surface area contributed by atoms with Crippen LogP contribution in [-0.4, -0.2) is 41.1 Å². The van der Waals surface area contributed by atoms with Gasteiger partial charge in [-0.25, -0.2) is 27.3 Å². The zero-order valence-electron chi connectivity index (χ0n) is 17.4. The summed E-state index contributed by atoms with van der Waals surface area (Å²) in [5.74, 6) is -2.58. The van der Waals surface area contributed by atoms with Gasteiger partial charge in [0.25, 0.3) is 0 Å². The standard InChI is InChI=1S/C19H26ClF2N5O3S/c1-10(2)4-13(8-28)24-19-26-16(25-17(27-19)9-31(23,29)30)5-11(3)18-14(21)6-12(20)7-15(18)22/h6-7,10-11,13,28H,4-5,8-9H2,1-3H3,(H2,23,29,30)(H,24,25,26,27)/t11-,13+/m0/s1. The predicted octanol–water partition coefficient (Wildman–Crippen LogP) is 2.76. The lowest BCUT2D eigenvalue weighted by atomic mass is 9.96. The number of aromatic nitrogens is 3. The molecule has 1 aromatic carbocycles. The van der Waals surface area contributed by atoms with Gasteiger partial charge in [0.1, 0.15) is 23.2 Å². The number of nitrogens with one attached hydrogen (secondary N) is 1. The maximum atomic E-state index is 14.3. The van der Waals surface area contributed by atoms with E-state index in [1.165, 1.54) is 0 Å². The monoisotopic (exact) mass is 477 g/mol. The molecule has 1 heterocycles. The van der Waals surface area contributed by atoms with Gasteiger partial charge in [-0.3, -0.25) is 0 Å². The summed E-state index contributed by atoms with van der Waals surface area (Å²) >= 11 is 5.68. The number of rotatable bonds is 10. The van der Waals surface area contributed by atoms with Crippen LogP contribution in [0.2, 0.25) is 5.02 Å². The average molecular weight is 478 g/mol. The Morgan fingerprint density at radius 3 is 2.23 bits per heavy atom. The molecule has 4 N–H and O–H groups in total. The Bertz CT molecular complexity index is 1000. The van der Waals surface area contributed by atoms with Crippen LogP contribution < -0.4 is 10.5 Å². The van der Waals surface area contributed by atoms with Gasteiger partial charge < -0.3 is 10.4 Å². The molecule has 1 aromatic heterocycles. The normalized spacial score (nSPS) is 14.0. The molecule has 0 unspecified atom stereocenters. The van der Waals surface area contributed by atoms with E-state index in [0.717, 1.165) is 12.1 Å². The molecule has 0 amide bonds. The highest BCUT2D eigenvalue weighted by Gasteiger charge is 2.21. The summed E-state index contributed by atoms with van der Waals surface area (Å²) in [5, 5.41) is 17.6. The molecule has 0 fully saturated rings. The zero-order chi connectivity index (χ0) is 23.3. The zero-order valence-corrected chi connectivity index (χ0v) is 19.0. The van der Waals surface area contributed by atoms with E-state index < -0.39 is 33.3 Å². The molecule has 0 aliphatic rings. The van der Waals surface area contributed by atoms with Crippen molar-refractivity contribution in [2.45, 2.75) is 51.3 Å². The van der Waals surface area contributed by atoms with Crippen molar-refractivity contribution in [3.05, 3.63) is 46.0 Å². The van der Waals surface area contributed by atoms with Crippen LogP contribution in [0.1, 0.15) is 50.3 Å². The lowest BCUT2D eigenvalue weighted by Crippen LogP contribution is -2.28. The van der Waals surface area contributed by atoms with Gasteiger partial charge in [0, 0.05) is 17.0 Å². The van der Waals surface area contributed by atoms with Gasteiger partial charge in [-0.05, 0) is 30.4 Å². The Kier molecular flexibility index (Phi) is 8.64. The van der Waals surface area contributed by atoms with Gasteiger partial charge >= 0.3 is 0 Å². The summed E-state index contributed by atoms with van der Waals surface area (Å²) in [6.07, 6.45) is 0.609. The molecule has 0 spiro atoms. The first-order valence-corrected chi connectivity index (χ1v) is 11.7. The van der Waals surface area contributed by atoms with Crippen LogP contribution in [0.15, 0.2) is 12.1 Å². The lowest BCUT2D eigenvalue weighted by Gasteiger charge is -2.19. The smallest absolute Gasteiger partial charge is 0.226 e. The second kappa shape index (κ2) is 10.6. The number of benzene rings is 1. The number of nitrogens with two attached hydrogens (primary N) is 1. The molecule has 2 atom stereocenters. The summed E-state index contributed by atoms with van der Waals surface area (Å²) in [4.78, 5) is 12.4. The third-order valence-corrected chi connectivity index (χ3v) is 5.27. The molecule has 31 heavy (non-hydrogen) atoms. The van der Waals surface area contributed by atoms with Crippen LogP contribution in [0.3, 0.4) is 0 Å². The quantitative estimate of drug-likeness (QED) is 0.479. The van der Waals surface area contributed by atoms with Crippen molar-refractivity contribution in [2.75, 3.05) is 11.9 Å². The third-order valence-electron chi connectivity index (χ3n) is 4.39. The number of anilines is 1. The summed E-state index contributed by atoms with van der Waals surface area (Å²) in [6.45, 7) is 5.35. The molecule has 0 radical (unpaired) electrons. The third kappa shape index (κ3) is 7.91. The van der Waals surface area contributed by atoms with Crippen molar-refractivity contribution < 1.29 is 22.3 Å². The molecule has 2 rings (SSSR count). The fraction of sp³-hybridized carbons (Fsp3) is 0.526. The van der Waals surface area contributed by atoms with Crippen LogP contribution >= 0.6 is 11.6 Å².